The molecule has 6 heteroatoms. The number of rotatable bonds is 1. The fourth-order valence-electron chi connectivity index (χ4n) is 1.29. The van der Waals surface area contributed by atoms with Crippen LogP contribution in [0.25, 0.3) is 0 Å². The van der Waals surface area contributed by atoms with Gasteiger partial charge in [-0.15, -0.1) is 0 Å². The molecule has 0 aliphatic carbocycles. The lowest BCUT2D eigenvalue weighted by Gasteiger charge is -1.94. The lowest BCUT2D eigenvalue weighted by atomic mass is 10.1. The minimum absolute atomic E-state index is 0.156. The van der Waals surface area contributed by atoms with Crippen molar-refractivity contribution in [2.24, 2.45) is 10.7 Å². The van der Waals surface area contributed by atoms with Crippen molar-refractivity contribution in [1.82, 2.24) is 0 Å². The van der Waals surface area contributed by atoms with E-state index in [1.54, 1.807) is 6.07 Å². The molecule has 0 radical (unpaired) electrons. The molecule has 0 spiro atoms. The fraction of sp³-hybridized carbons (Fsp3) is 0.167. The van der Waals surface area contributed by atoms with Crippen LogP contribution in [0, 0.1) is 16.7 Å². The molecule has 1 aromatic carbocycles. The van der Waals surface area contributed by atoms with E-state index in [1.165, 1.54) is 7.11 Å². The monoisotopic (exact) mass is 244 g/mol. The standard InChI is InChI=1S/C8H7N3.C4H5NO2/c9-7-5-3-1-2-4-6(5)8(10)11-7;1-7-4(6)2-3-5/h1-4H,(H3,9,10,11);2H2,1H3. The highest BCUT2D eigenvalue weighted by molar-refractivity contribution is 6.20. The Bertz CT molecular complexity index is 543. The van der Waals surface area contributed by atoms with Gasteiger partial charge in [0.05, 0.1) is 13.2 Å². The summed E-state index contributed by atoms with van der Waals surface area (Å²) in [5, 5.41) is 15.2. The van der Waals surface area contributed by atoms with Gasteiger partial charge in [-0.1, -0.05) is 24.3 Å². The molecular weight excluding hydrogens is 232 g/mol. The highest BCUT2D eigenvalue weighted by Gasteiger charge is 2.16. The number of carbonyl (C=O) groups is 1. The molecule has 6 nitrogen and oxygen atoms in total. The molecule has 0 fully saturated rings. The van der Waals surface area contributed by atoms with Crippen LogP contribution in [0.3, 0.4) is 0 Å². The summed E-state index contributed by atoms with van der Waals surface area (Å²) >= 11 is 0. The lowest BCUT2D eigenvalue weighted by molar-refractivity contribution is -0.139. The van der Waals surface area contributed by atoms with E-state index in [-0.39, 0.29) is 12.3 Å². The highest BCUT2D eigenvalue weighted by Crippen LogP contribution is 2.15. The van der Waals surface area contributed by atoms with Crippen molar-refractivity contribution in [2.75, 3.05) is 7.11 Å². The van der Waals surface area contributed by atoms with Gasteiger partial charge < -0.3 is 10.5 Å². The number of nitrogens with one attached hydrogen (secondary N) is 1. The normalized spacial score (nSPS) is 11.6. The lowest BCUT2D eigenvalue weighted by Crippen LogP contribution is -2.09. The van der Waals surface area contributed by atoms with Crippen molar-refractivity contribution in [3.63, 3.8) is 0 Å². The van der Waals surface area contributed by atoms with Gasteiger partial charge in [-0.05, 0) is 0 Å². The molecule has 0 unspecified atom stereocenters. The summed E-state index contributed by atoms with van der Waals surface area (Å²) in [7, 11) is 1.25. The van der Waals surface area contributed by atoms with Crippen molar-refractivity contribution < 1.29 is 9.53 Å². The summed E-state index contributed by atoms with van der Waals surface area (Å²) in [6.45, 7) is 0. The van der Waals surface area contributed by atoms with Crippen molar-refractivity contribution in [2.45, 2.75) is 6.42 Å². The third kappa shape index (κ3) is 3.15. The number of benzene rings is 1. The van der Waals surface area contributed by atoms with Crippen LogP contribution in [-0.4, -0.2) is 24.8 Å². The number of fused-ring (bicyclic) bond motifs is 1. The number of nitrogens with zero attached hydrogens (tertiary/aromatic N) is 2. The summed E-state index contributed by atoms with van der Waals surface area (Å²) in [6.07, 6.45) is -0.156. The maximum Gasteiger partial charge on any atom is 0.319 e. The topological polar surface area (TPSA) is 112 Å². The number of methoxy groups -OCH3 is 1. The number of ether oxygens (including phenoxy) is 1. The number of nitrogens with two attached hydrogens (primary N) is 1. The van der Waals surface area contributed by atoms with E-state index >= 15 is 0 Å². The largest absolute Gasteiger partial charge is 0.468 e. The third-order valence-corrected chi connectivity index (χ3v) is 2.14. The van der Waals surface area contributed by atoms with Crippen LogP contribution < -0.4 is 5.73 Å². The van der Waals surface area contributed by atoms with Gasteiger partial charge in [-0.25, -0.2) is 4.99 Å². The first kappa shape index (κ1) is 13.4. The van der Waals surface area contributed by atoms with E-state index < -0.39 is 5.97 Å². The Morgan fingerprint density at radius 3 is 2.56 bits per heavy atom. The molecule has 2 rings (SSSR count). The summed E-state index contributed by atoms with van der Waals surface area (Å²) in [5.41, 5.74) is 7.24. The molecule has 0 bridgehead atoms. The van der Waals surface area contributed by atoms with Crippen LogP contribution >= 0.6 is 0 Å². The molecule has 1 aromatic rings. The molecule has 1 heterocycles. The summed E-state index contributed by atoms with van der Waals surface area (Å²) < 4.78 is 4.13. The maximum absolute atomic E-state index is 9.97. The highest BCUT2D eigenvalue weighted by atomic mass is 16.5. The first-order valence-corrected chi connectivity index (χ1v) is 5.06. The predicted octanol–water partition coefficient (Wildman–Crippen LogP) is 0.804. The van der Waals surface area contributed by atoms with Gasteiger partial charge in [-0.2, -0.15) is 5.26 Å². The van der Waals surface area contributed by atoms with E-state index in [1.807, 2.05) is 24.3 Å². The Morgan fingerprint density at radius 2 is 2.11 bits per heavy atom. The fourth-order valence-corrected chi connectivity index (χ4v) is 1.29. The number of hydrogen-bond acceptors (Lipinski definition) is 5. The van der Waals surface area contributed by atoms with Crippen molar-refractivity contribution in [1.29, 1.82) is 10.7 Å². The van der Waals surface area contributed by atoms with E-state index in [0.29, 0.717) is 5.84 Å². The Balaban J connectivity index is 0.000000203. The molecule has 92 valence electrons. The van der Waals surface area contributed by atoms with Crippen LogP contribution in [0.2, 0.25) is 0 Å². The van der Waals surface area contributed by atoms with Crippen molar-refractivity contribution >= 4 is 17.6 Å². The van der Waals surface area contributed by atoms with Crippen LogP contribution in [0.1, 0.15) is 17.5 Å². The van der Waals surface area contributed by atoms with Gasteiger partial charge in [0, 0.05) is 11.1 Å². The van der Waals surface area contributed by atoms with Gasteiger partial charge in [0.2, 0.25) is 0 Å². The minimum atomic E-state index is -0.484. The molecule has 0 saturated carbocycles. The smallest absolute Gasteiger partial charge is 0.319 e. The first-order valence-electron chi connectivity index (χ1n) is 5.06. The van der Waals surface area contributed by atoms with Crippen LogP contribution in [0.5, 0.6) is 0 Å². The predicted molar refractivity (Wildman–Crippen MR) is 66.2 cm³/mol. The summed E-state index contributed by atoms with van der Waals surface area (Å²) in [5.74, 6) is 0.228. The number of esters is 1. The quantitative estimate of drug-likeness (QED) is 0.711. The van der Waals surface area contributed by atoms with Crippen LogP contribution in [0.15, 0.2) is 29.3 Å². The molecule has 1 aliphatic rings. The zero-order valence-corrected chi connectivity index (χ0v) is 9.80. The molecule has 0 aromatic heterocycles. The second kappa shape index (κ2) is 6.15. The Morgan fingerprint density at radius 1 is 1.50 bits per heavy atom. The number of carbonyl (C=O) groups excluding carboxylic acids is 1. The zero-order chi connectivity index (χ0) is 13.5. The van der Waals surface area contributed by atoms with E-state index in [2.05, 4.69) is 9.73 Å². The molecular formula is C12H12N4O2. The molecule has 0 amide bonds. The van der Waals surface area contributed by atoms with E-state index in [4.69, 9.17) is 16.4 Å². The molecule has 3 N–H and O–H groups in total. The van der Waals surface area contributed by atoms with Crippen LogP contribution in [0.4, 0.5) is 0 Å². The van der Waals surface area contributed by atoms with Crippen LogP contribution in [-0.2, 0) is 9.53 Å². The van der Waals surface area contributed by atoms with Gasteiger partial charge in [-0.3, -0.25) is 10.2 Å². The average molecular weight is 244 g/mol. The molecule has 1 aliphatic heterocycles. The second-order valence-corrected chi connectivity index (χ2v) is 3.30. The van der Waals surface area contributed by atoms with E-state index in [9.17, 15) is 4.79 Å². The summed E-state index contributed by atoms with van der Waals surface area (Å²) in [4.78, 5) is 13.8. The molecule has 0 atom stereocenters. The van der Waals surface area contributed by atoms with Gasteiger partial charge in [0.1, 0.15) is 12.3 Å². The Labute approximate surface area is 104 Å². The summed E-state index contributed by atoms with van der Waals surface area (Å²) in [6, 6.07) is 9.13. The Hall–Kier alpha value is -2.68. The minimum Gasteiger partial charge on any atom is -0.468 e. The van der Waals surface area contributed by atoms with Gasteiger partial charge >= 0.3 is 5.97 Å². The third-order valence-electron chi connectivity index (χ3n) is 2.14. The number of aliphatic imine (C=N–C) groups is 1. The molecule has 0 saturated heterocycles. The average Bonchev–Trinajstić information content (AvgIpc) is 2.67. The number of nitriles is 1. The van der Waals surface area contributed by atoms with Gasteiger partial charge in [0.15, 0.2) is 5.84 Å². The first-order chi connectivity index (χ1) is 8.60. The van der Waals surface area contributed by atoms with E-state index in [0.717, 1.165) is 11.1 Å². The molecule has 18 heavy (non-hydrogen) atoms. The van der Waals surface area contributed by atoms with Crippen molar-refractivity contribution in [3.05, 3.63) is 35.4 Å². The zero-order valence-electron chi connectivity index (χ0n) is 9.80. The SMILES string of the molecule is COC(=O)CC#N.N=C1N=C(N)c2ccccc21. The Kier molecular flexibility index (Phi) is 4.58. The second-order valence-electron chi connectivity index (χ2n) is 3.30. The van der Waals surface area contributed by atoms with Crippen molar-refractivity contribution in [3.8, 4) is 6.07 Å². The number of hydrogen-bond donors (Lipinski definition) is 2. The maximum atomic E-state index is 9.97. The number of amidine groups is 2. The van der Waals surface area contributed by atoms with Gasteiger partial charge in [0.25, 0.3) is 0 Å².